The number of esters is 2. The van der Waals surface area contributed by atoms with Crippen LogP contribution in [-0.2, 0) is 32.7 Å². The summed E-state index contributed by atoms with van der Waals surface area (Å²) in [4.78, 5) is 37.8. The van der Waals surface area contributed by atoms with Crippen LogP contribution in [-0.4, -0.2) is 70.0 Å². The van der Waals surface area contributed by atoms with Crippen LogP contribution in [0.4, 0.5) is 0 Å². The van der Waals surface area contributed by atoms with Crippen LogP contribution in [0.15, 0.2) is 97.2 Å². The Hall–Kier alpha value is -3.07. The van der Waals surface area contributed by atoms with Gasteiger partial charge in [0.15, 0.2) is 6.10 Å². The molecule has 0 fully saturated rings. The van der Waals surface area contributed by atoms with Gasteiger partial charge in [0.05, 0.1) is 27.7 Å². The van der Waals surface area contributed by atoms with Gasteiger partial charge in [-0.05, 0) is 96.3 Å². The molecule has 0 spiro atoms. The summed E-state index contributed by atoms with van der Waals surface area (Å²) in [6, 6.07) is 0. The molecule has 0 N–H and O–H groups in total. The van der Waals surface area contributed by atoms with Gasteiger partial charge in [-0.2, -0.15) is 0 Å². The molecule has 10 heteroatoms. The van der Waals surface area contributed by atoms with Crippen LogP contribution >= 0.6 is 7.82 Å². The van der Waals surface area contributed by atoms with Crippen molar-refractivity contribution in [1.82, 2.24) is 0 Å². The number of phosphoric ester groups is 1. The minimum atomic E-state index is -4.65. The summed E-state index contributed by atoms with van der Waals surface area (Å²) in [5.41, 5.74) is 0. The highest BCUT2D eigenvalue weighted by Gasteiger charge is 2.21. The minimum absolute atomic E-state index is 0.0423. The Labute approximate surface area is 404 Å². The Kier molecular flexibility index (Phi) is 44.8. The fourth-order valence-electron chi connectivity index (χ4n) is 6.57. The highest BCUT2D eigenvalue weighted by molar-refractivity contribution is 7.45. The summed E-state index contributed by atoms with van der Waals surface area (Å²) in [5.74, 6) is -0.874. The van der Waals surface area contributed by atoms with Crippen LogP contribution in [0.5, 0.6) is 0 Å². The molecule has 2 unspecified atom stereocenters. The van der Waals surface area contributed by atoms with Crippen molar-refractivity contribution < 1.29 is 42.1 Å². The largest absolute Gasteiger partial charge is 0.756 e. The summed E-state index contributed by atoms with van der Waals surface area (Å²) < 4.78 is 34.0. The third-order valence-corrected chi connectivity index (χ3v) is 11.6. The molecule has 378 valence electrons. The second-order valence-electron chi connectivity index (χ2n) is 18.1. The summed E-state index contributed by atoms with van der Waals surface area (Å²) in [7, 11) is 1.13. The van der Waals surface area contributed by atoms with Gasteiger partial charge < -0.3 is 27.9 Å². The summed E-state index contributed by atoms with van der Waals surface area (Å²) in [6.45, 7) is 4.05. The average molecular weight is 942 g/mol. The third kappa shape index (κ3) is 50.3. The summed E-state index contributed by atoms with van der Waals surface area (Å²) in [5, 5.41) is 0. The number of rotatable bonds is 46. The lowest BCUT2D eigenvalue weighted by atomic mass is 10.1. The first-order valence-corrected chi connectivity index (χ1v) is 27.4. The van der Waals surface area contributed by atoms with Crippen LogP contribution < -0.4 is 4.89 Å². The molecule has 0 aromatic heterocycles. The van der Waals surface area contributed by atoms with Gasteiger partial charge in [-0.25, -0.2) is 0 Å². The topological polar surface area (TPSA) is 111 Å². The first-order chi connectivity index (χ1) is 32.0. The molecular formula is C56H96NO8P. The van der Waals surface area contributed by atoms with E-state index in [1.54, 1.807) is 0 Å². The molecule has 0 rings (SSSR count). The lowest BCUT2D eigenvalue weighted by Crippen LogP contribution is -2.37. The van der Waals surface area contributed by atoms with E-state index in [4.69, 9.17) is 18.5 Å². The fourth-order valence-corrected chi connectivity index (χ4v) is 7.30. The van der Waals surface area contributed by atoms with E-state index in [2.05, 4.69) is 111 Å². The number of phosphoric acid groups is 1. The monoisotopic (exact) mass is 942 g/mol. The molecule has 2 atom stereocenters. The maximum atomic E-state index is 12.8. The second-order valence-corrected chi connectivity index (χ2v) is 19.6. The molecular weight excluding hydrogens is 846 g/mol. The van der Waals surface area contributed by atoms with Gasteiger partial charge in [-0.3, -0.25) is 14.2 Å². The van der Waals surface area contributed by atoms with Crippen molar-refractivity contribution in [3.05, 3.63) is 97.2 Å². The zero-order chi connectivity index (χ0) is 48.5. The molecule has 0 bridgehead atoms. The van der Waals surface area contributed by atoms with Gasteiger partial charge in [-0.15, -0.1) is 0 Å². The van der Waals surface area contributed by atoms with Crippen molar-refractivity contribution in [3.63, 3.8) is 0 Å². The van der Waals surface area contributed by atoms with Crippen LogP contribution in [0.25, 0.3) is 0 Å². The molecule has 0 aliphatic rings. The van der Waals surface area contributed by atoms with Crippen LogP contribution in [0.2, 0.25) is 0 Å². The Morgan fingerprint density at radius 3 is 1.29 bits per heavy atom. The molecule has 0 aromatic rings. The molecule has 0 heterocycles. The first-order valence-electron chi connectivity index (χ1n) is 25.9. The molecule has 9 nitrogen and oxygen atoms in total. The number of carbonyl (C=O) groups is 2. The highest BCUT2D eigenvalue weighted by atomic mass is 31.2. The lowest BCUT2D eigenvalue weighted by Gasteiger charge is -2.28. The normalized spacial score (nSPS) is 14.2. The van der Waals surface area contributed by atoms with E-state index in [0.29, 0.717) is 17.4 Å². The zero-order valence-electron chi connectivity index (χ0n) is 42.6. The van der Waals surface area contributed by atoms with Crippen molar-refractivity contribution in [2.45, 2.75) is 200 Å². The lowest BCUT2D eigenvalue weighted by molar-refractivity contribution is -0.870. The van der Waals surface area contributed by atoms with Crippen molar-refractivity contribution in [3.8, 4) is 0 Å². The number of ether oxygens (including phenoxy) is 2. The molecule has 66 heavy (non-hydrogen) atoms. The Morgan fingerprint density at radius 2 is 0.864 bits per heavy atom. The number of nitrogens with zero attached hydrogens (tertiary/aromatic N) is 1. The maximum Gasteiger partial charge on any atom is 0.306 e. The van der Waals surface area contributed by atoms with Crippen LogP contribution in [0, 0.1) is 0 Å². The van der Waals surface area contributed by atoms with Crippen molar-refractivity contribution >= 4 is 19.8 Å². The van der Waals surface area contributed by atoms with Gasteiger partial charge in [0.25, 0.3) is 7.82 Å². The van der Waals surface area contributed by atoms with E-state index in [1.165, 1.54) is 57.8 Å². The second kappa shape index (κ2) is 47.0. The SMILES string of the molecule is CC/C=C\C/C=C\C/C=C\C/C=C\C/C=C\C/C=C\CCCCCCC(=O)OC(COC(=O)CCCCCCCCCCC/C=C\C/C=C\CCCCC)COP(=O)([O-])OCC[N+](C)(C)C. The average Bonchev–Trinajstić information content (AvgIpc) is 3.27. The Bertz CT molecular complexity index is 1440. The number of carbonyl (C=O) groups excluding carboxylic acids is 2. The number of likely N-dealkylation sites (N-methyl/N-ethyl adjacent to an activating group) is 1. The van der Waals surface area contributed by atoms with Gasteiger partial charge in [0.1, 0.15) is 19.8 Å². The predicted octanol–water partition coefficient (Wildman–Crippen LogP) is 15.1. The van der Waals surface area contributed by atoms with E-state index < -0.39 is 32.5 Å². The van der Waals surface area contributed by atoms with E-state index >= 15 is 0 Å². The van der Waals surface area contributed by atoms with Crippen LogP contribution in [0.1, 0.15) is 194 Å². The van der Waals surface area contributed by atoms with E-state index in [-0.39, 0.29) is 26.1 Å². The molecule has 0 amide bonds. The Balaban J connectivity index is 4.34. The maximum absolute atomic E-state index is 12.8. The quantitative estimate of drug-likeness (QED) is 0.0195. The first kappa shape index (κ1) is 62.9. The van der Waals surface area contributed by atoms with Crippen molar-refractivity contribution in [2.24, 2.45) is 0 Å². The number of quaternary nitrogens is 1. The summed E-state index contributed by atoms with van der Waals surface area (Å²) >= 11 is 0. The molecule has 0 saturated carbocycles. The van der Waals surface area contributed by atoms with Gasteiger partial charge in [0, 0.05) is 12.8 Å². The molecule has 0 aliphatic carbocycles. The standard InChI is InChI=1S/C56H96NO8P/c1-6-8-10-12-14-16-18-20-22-24-26-27-28-29-31-33-35-37-39-41-43-45-47-49-56(59)65-54(53-64-66(60,61)63-51-50-57(3,4)5)52-62-55(58)48-46-44-42-40-38-36-34-32-30-25-23-21-19-17-15-13-11-9-7-2/h8,10,14-17,20-23,26-27,29,31,35,37,54H,6-7,9,11-13,18-19,24-25,28,30,32-34,36,38-53H2,1-5H3/b10-8-,16-14-,17-15-,22-20-,23-21-,27-26-,31-29-,37-35-. The van der Waals surface area contributed by atoms with Gasteiger partial charge >= 0.3 is 11.9 Å². The Morgan fingerprint density at radius 1 is 0.485 bits per heavy atom. The molecule has 0 radical (unpaired) electrons. The smallest absolute Gasteiger partial charge is 0.306 e. The summed E-state index contributed by atoms with van der Waals surface area (Å²) in [6.07, 6.45) is 62.9. The zero-order valence-corrected chi connectivity index (χ0v) is 43.5. The van der Waals surface area contributed by atoms with Crippen LogP contribution in [0.3, 0.4) is 0 Å². The number of unbranched alkanes of at least 4 members (excludes halogenated alkanes) is 16. The number of allylic oxidation sites excluding steroid dienone is 16. The fraction of sp³-hybridized carbons (Fsp3) is 0.679. The molecule has 0 saturated heterocycles. The van der Waals surface area contributed by atoms with E-state index in [1.807, 2.05) is 21.1 Å². The minimum Gasteiger partial charge on any atom is -0.756 e. The molecule has 0 aliphatic heterocycles. The van der Waals surface area contributed by atoms with Gasteiger partial charge in [0.2, 0.25) is 0 Å². The predicted molar refractivity (Wildman–Crippen MR) is 277 cm³/mol. The third-order valence-electron chi connectivity index (χ3n) is 10.6. The van der Waals surface area contributed by atoms with Crippen molar-refractivity contribution in [1.29, 1.82) is 0 Å². The number of hydrogen-bond donors (Lipinski definition) is 0. The van der Waals surface area contributed by atoms with Crippen molar-refractivity contribution in [2.75, 3.05) is 47.5 Å². The van der Waals surface area contributed by atoms with E-state index in [0.717, 1.165) is 103 Å². The van der Waals surface area contributed by atoms with E-state index in [9.17, 15) is 19.0 Å². The molecule has 0 aromatic carbocycles. The highest BCUT2D eigenvalue weighted by Crippen LogP contribution is 2.38. The van der Waals surface area contributed by atoms with Gasteiger partial charge in [-0.1, -0.05) is 182 Å². The number of hydrogen-bond acceptors (Lipinski definition) is 8.